The van der Waals surface area contributed by atoms with Crippen LogP contribution in [0.2, 0.25) is 5.22 Å². The van der Waals surface area contributed by atoms with Crippen molar-refractivity contribution in [3.05, 3.63) is 23.1 Å². The number of rotatable bonds is 3. The highest BCUT2D eigenvalue weighted by Gasteiger charge is 2.35. The van der Waals surface area contributed by atoms with Gasteiger partial charge in [-0.15, -0.1) is 0 Å². The summed E-state index contributed by atoms with van der Waals surface area (Å²) in [6.45, 7) is 2.25. The molecule has 1 aromatic heterocycles. The minimum Gasteiger partial charge on any atom is -0.440 e. The fourth-order valence-electron chi connectivity index (χ4n) is 2.16. The second kappa shape index (κ2) is 4.93. The third-order valence-electron chi connectivity index (χ3n) is 3.03. The Bertz CT molecular complexity index is 551. The van der Waals surface area contributed by atoms with Crippen molar-refractivity contribution < 1.29 is 17.6 Å². The minimum atomic E-state index is -3.01. The fraction of sp³-hybridized carbons (Fsp3) is 0.545. The molecule has 100 valence electrons. The maximum Gasteiger partial charge on any atom is 0.289 e. The summed E-state index contributed by atoms with van der Waals surface area (Å²) in [4.78, 5) is 13.7. The zero-order valence-electron chi connectivity index (χ0n) is 9.93. The molecule has 0 saturated carbocycles. The van der Waals surface area contributed by atoms with Crippen molar-refractivity contribution in [1.29, 1.82) is 0 Å². The maximum absolute atomic E-state index is 12.2. The van der Waals surface area contributed by atoms with Crippen LogP contribution in [-0.2, 0) is 9.84 Å². The van der Waals surface area contributed by atoms with Crippen molar-refractivity contribution >= 4 is 27.3 Å². The predicted octanol–water partition coefficient (Wildman–Crippen LogP) is 1.58. The molecule has 1 aliphatic rings. The highest BCUT2D eigenvalue weighted by atomic mass is 35.5. The summed E-state index contributed by atoms with van der Waals surface area (Å²) in [6, 6.07) is 2.72. The Balaban J connectivity index is 2.17. The first-order valence-corrected chi connectivity index (χ1v) is 7.89. The number of sulfone groups is 1. The van der Waals surface area contributed by atoms with Gasteiger partial charge >= 0.3 is 0 Å². The van der Waals surface area contributed by atoms with E-state index in [9.17, 15) is 13.2 Å². The molecule has 1 aliphatic heterocycles. The van der Waals surface area contributed by atoms with Crippen LogP contribution in [0.4, 0.5) is 0 Å². The largest absolute Gasteiger partial charge is 0.440 e. The third kappa shape index (κ3) is 2.70. The molecule has 1 unspecified atom stereocenters. The molecule has 0 bridgehead atoms. The zero-order valence-corrected chi connectivity index (χ0v) is 11.5. The first kappa shape index (κ1) is 13.4. The van der Waals surface area contributed by atoms with Crippen molar-refractivity contribution in [3.8, 4) is 0 Å². The first-order chi connectivity index (χ1) is 8.43. The summed E-state index contributed by atoms with van der Waals surface area (Å²) >= 11 is 5.62. The van der Waals surface area contributed by atoms with Gasteiger partial charge in [0.15, 0.2) is 20.8 Å². The SMILES string of the molecule is CCN(C(=O)c1ccc(Cl)o1)C1CCS(=O)(=O)C1. The lowest BCUT2D eigenvalue weighted by molar-refractivity contribution is 0.0676. The van der Waals surface area contributed by atoms with Crippen LogP contribution < -0.4 is 0 Å². The summed E-state index contributed by atoms with van der Waals surface area (Å²) in [7, 11) is -3.01. The molecular weight excluding hydrogens is 278 g/mol. The molecule has 0 radical (unpaired) electrons. The standard InChI is InChI=1S/C11H14ClNO4S/c1-2-13(8-5-6-18(15,16)7-8)11(14)9-3-4-10(12)17-9/h3-4,8H,2,5-7H2,1H3. The van der Waals surface area contributed by atoms with Crippen LogP contribution in [0.3, 0.4) is 0 Å². The van der Waals surface area contributed by atoms with E-state index in [2.05, 4.69) is 0 Å². The molecule has 2 rings (SSSR count). The third-order valence-corrected chi connectivity index (χ3v) is 4.99. The quantitative estimate of drug-likeness (QED) is 0.848. The number of hydrogen-bond acceptors (Lipinski definition) is 4. The van der Waals surface area contributed by atoms with Gasteiger partial charge in [-0.2, -0.15) is 0 Å². The highest BCUT2D eigenvalue weighted by Crippen LogP contribution is 2.21. The van der Waals surface area contributed by atoms with Crippen LogP contribution in [0.5, 0.6) is 0 Å². The fourth-order valence-corrected chi connectivity index (χ4v) is 4.04. The zero-order chi connectivity index (χ0) is 13.3. The molecule has 1 fully saturated rings. The summed E-state index contributed by atoms with van der Waals surface area (Å²) in [5.74, 6) is -0.000810. The lowest BCUT2D eigenvalue weighted by Gasteiger charge is -2.25. The van der Waals surface area contributed by atoms with E-state index < -0.39 is 9.84 Å². The Morgan fingerprint density at radius 3 is 2.72 bits per heavy atom. The van der Waals surface area contributed by atoms with Gasteiger partial charge in [-0.1, -0.05) is 0 Å². The predicted molar refractivity (Wildman–Crippen MR) is 67.5 cm³/mol. The van der Waals surface area contributed by atoms with E-state index in [1.54, 1.807) is 0 Å². The Hall–Kier alpha value is -1.01. The number of amides is 1. The van der Waals surface area contributed by atoms with Gasteiger partial charge in [0.1, 0.15) is 0 Å². The van der Waals surface area contributed by atoms with E-state index in [0.29, 0.717) is 13.0 Å². The molecular formula is C11H14ClNO4S. The van der Waals surface area contributed by atoms with Crippen molar-refractivity contribution in [2.24, 2.45) is 0 Å². The van der Waals surface area contributed by atoms with Gasteiger partial charge in [-0.25, -0.2) is 8.42 Å². The maximum atomic E-state index is 12.2. The van der Waals surface area contributed by atoms with Crippen molar-refractivity contribution in [1.82, 2.24) is 4.90 Å². The minimum absolute atomic E-state index is 0.0288. The molecule has 1 aromatic rings. The van der Waals surface area contributed by atoms with Crippen LogP contribution >= 0.6 is 11.6 Å². The normalized spacial score (nSPS) is 22.0. The van der Waals surface area contributed by atoms with E-state index >= 15 is 0 Å². The Labute approximate surface area is 111 Å². The van der Waals surface area contributed by atoms with Gasteiger partial charge in [0.2, 0.25) is 0 Å². The van der Waals surface area contributed by atoms with Crippen molar-refractivity contribution in [3.63, 3.8) is 0 Å². The van der Waals surface area contributed by atoms with Gasteiger partial charge in [-0.05, 0) is 37.1 Å². The van der Waals surface area contributed by atoms with Gasteiger partial charge in [0.25, 0.3) is 5.91 Å². The van der Waals surface area contributed by atoms with Gasteiger partial charge in [-0.3, -0.25) is 4.79 Å². The van der Waals surface area contributed by atoms with Gasteiger partial charge in [0, 0.05) is 12.6 Å². The molecule has 1 saturated heterocycles. The van der Waals surface area contributed by atoms with E-state index in [0.717, 1.165) is 0 Å². The Morgan fingerprint density at radius 2 is 2.28 bits per heavy atom. The van der Waals surface area contributed by atoms with E-state index in [1.807, 2.05) is 6.92 Å². The number of carbonyl (C=O) groups is 1. The highest BCUT2D eigenvalue weighted by molar-refractivity contribution is 7.91. The molecule has 2 heterocycles. The lowest BCUT2D eigenvalue weighted by Crippen LogP contribution is -2.40. The van der Waals surface area contributed by atoms with Crippen LogP contribution in [0, 0.1) is 0 Å². The molecule has 1 atom stereocenters. The lowest BCUT2D eigenvalue weighted by atomic mass is 10.2. The molecule has 0 N–H and O–H groups in total. The van der Waals surface area contributed by atoms with Crippen LogP contribution in [-0.4, -0.2) is 43.3 Å². The number of carbonyl (C=O) groups excluding carboxylic acids is 1. The van der Waals surface area contributed by atoms with E-state index in [-0.39, 0.29) is 34.4 Å². The van der Waals surface area contributed by atoms with Crippen molar-refractivity contribution in [2.75, 3.05) is 18.1 Å². The average Bonchev–Trinajstić information content (AvgIpc) is 2.86. The molecule has 7 heteroatoms. The number of furan rings is 1. The van der Waals surface area contributed by atoms with Crippen LogP contribution in [0.25, 0.3) is 0 Å². The molecule has 5 nitrogen and oxygen atoms in total. The number of nitrogens with zero attached hydrogens (tertiary/aromatic N) is 1. The van der Waals surface area contributed by atoms with Gasteiger partial charge < -0.3 is 9.32 Å². The van der Waals surface area contributed by atoms with Gasteiger partial charge in [0.05, 0.1) is 11.5 Å². The monoisotopic (exact) mass is 291 g/mol. The second-order valence-corrected chi connectivity index (χ2v) is 6.85. The van der Waals surface area contributed by atoms with Crippen molar-refractivity contribution in [2.45, 2.75) is 19.4 Å². The second-order valence-electron chi connectivity index (χ2n) is 4.25. The van der Waals surface area contributed by atoms with E-state index in [4.69, 9.17) is 16.0 Å². The Kier molecular flexibility index (Phi) is 3.68. The van der Waals surface area contributed by atoms with E-state index in [1.165, 1.54) is 17.0 Å². The average molecular weight is 292 g/mol. The number of halogens is 1. The molecule has 0 aromatic carbocycles. The summed E-state index contributed by atoms with van der Waals surface area (Å²) < 4.78 is 27.9. The summed E-state index contributed by atoms with van der Waals surface area (Å²) in [5.41, 5.74) is 0. The van der Waals surface area contributed by atoms with Crippen LogP contribution in [0.1, 0.15) is 23.9 Å². The smallest absolute Gasteiger partial charge is 0.289 e. The first-order valence-electron chi connectivity index (χ1n) is 5.69. The number of hydrogen-bond donors (Lipinski definition) is 0. The summed E-state index contributed by atoms with van der Waals surface area (Å²) in [5, 5.41) is 0.147. The molecule has 1 amide bonds. The topological polar surface area (TPSA) is 67.6 Å². The summed E-state index contributed by atoms with van der Waals surface area (Å²) in [6.07, 6.45) is 0.482. The Morgan fingerprint density at radius 1 is 1.56 bits per heavy atom. The molecule has 0 aliphatic carbocycles. The van der Waals surface area contributed by atoms with Crippen LogP contribution in [0.15, 0.2) is 16.5 Å². The molecule has 18 heavy (non-hydrogen) atoms. The molecule has 0 spiro atoms.